The molecule has 0 bridgehead atoms. The van der Waals surface area contributed by atoms with Crippen molar-refractivity contribution >= 4 is 11.8 Å². The smallest absolute Gasteiger partial charge is 0.211 e. The highest BCUT2D eigenvalue weighted by molar-refractivity contribution is 5.50. The van der Waals surface area contributed by atoms with Gasteiger partial charge in [-0.25, -0.2) is 4.79 Å². The first-order valence-corrected chi connectivity index (χ1v) is 4.58. The zero-order valence-corrected chi connectivity index (χ0v) is 7.36. The van der Waals surface area contributed by atoms with E-state index in [1.807, 2.05) is 18.2 Å². The summed E-state index contributed by atoms with van der Waals surface area (Å²) in [4.78, 5) is 13.6. The van der Waals surface area contributed by atoms with E-state index in [0.717, 1.165) is 5.69 Å². The van der Waals surface area contributed by atoms with Crippen LogP contribution in [0.2, 0.25) is 0 Å². The van der Waals surface area contributed by atoms with E-state index in [-0.39, 0.29) is 0 Å². The van der Waals surface area contributed by atoms with Crippen LogP contribution in [0.3, 0.4) is 0 Å². The molecule has 1 aliphatic carbocycles. The number of rotatable bonds is 2. The fraction of sp³-hybridized carbons (Fsp3) is 0.364. The Labute approximate surface area is 77.3 Å². The molecule has 0 aromatic heterocycles. The van der Waals surface area contributed by atoms with Crippen molar-refractivity contribution in [1.29, 1.82) is 0 Å². The fourth-order valence-electron chi connectivity index (χ4n) is 1.64. The summed E-state index contributed by atoms with van der Waals surface area (Å²) in [6, 6.07) is 7.86. The van der Waals surface area contributed by atoms with Gasteiger partial charge in [0.05, 0.1) is 5.69 Å². The lowest BCUT2D eigenvalue weighted by atomic mass is 9.80. The molecule has 0 saturated heterocycles. The van der Waals surface area contributed by atoms with Gasteiger partial charge in [0.25, 0.3) is 0 Å². The fourth-order valence-corrected chi connectivity index (χ4v) is 1.64. The van der Waals surface area contributed by atoms with Gasteiger partial charge >= 0.3 is 0 Å². The van der Waals surface area contributed by atoms with Gasteiger partial charge in [0, 0.05) is 0 Å². The Hall–Kier alpha value is -1.40. The second kappa shape index (κ2) is 3.55. The summed E-state index contributed by atoms with van der Waals surface area (Å²) in [6.45, 7) is 0. The summed E-state index contributed by atoms with van der Waals surface area (Å²) in [5, 5.41) is 0. The summed E-state index contributed by atoms with van der Waals surface area (Å²) < 4.78 is 0. The van der Waals surface area contributed by atoms with E-state index in [0.29, 0.717) is 5.92 Å². The monoisotopic (exact) mass is 173 g/mol. The molecule has 0 unspecified atom stereocenters. The largest absolute Gasteiger partial charge is 0.240 e. The Bertz CT molecular complexity index is 349. The number of carbonyl (C=O) groups excluding carboxylic acids is 1. The molecule has 0 aliphatic heterocycles. The molecular weight excluding hydrogens is 162 g/mol. The molecule has 0 amide bonds. The van der Waals surface area contributed by atoms with Crippen LogP contribution in [-0.4, -0.2) is 6.08 Å². The molecule has 66 valence electrons. The summed E-state index contributed by atoms with van der Waals surface area (Å²) in [5.41, 5.74) is 2.03. The lowest BCUT2D eigenvalue weighted by molar-refractivity contribution is 0.420. The van der Waals surface area contributed by atoms with Crippen LogP contribution in [0.15, 0.2) is 29.3 Å². The molecular formula is C11H11NO. The minimum Gasteiger partial charge on any atom is -0.211 e. The van der Waals surface area contributed by atoms with Crippen LogP contribution in [0.4, 0.5) is 5.69 Å². The van der Waals surface area contributed by atoms with E-state index in [4.69, 9.17) is 0 Å². The van der Waals surface area contributed by atoms with Gasteiger partial charge in [-0.1, -0.05) is 18.6 Å². The molecule has 1 aromatic rings. The standard InChI is InChI=1S/C11H11NO/c13-8-12-11-6-2-5-10(7-11)9-3-1-4-9/h2,5-7,9H,1,3-4H2. The minimum absolute atomic E-state index is 0.696. The van der Waals surface area contributed by atoms with E-state index >= 15 is 0 Å². The Balaban J connectivity index is 2.25. The molecule has 0 radical (unpaired) electrons. The van der Waals surface area contributed by atoms with E-state index in [1.54, 1.807) is 6.08 Å². The van der Waals surface area contributed by atoms with Gasteiger partial charge < -0.3 is 0 Å². The first-order valence-electron chi connectivity index (χ1n) is 4.58. The Kier molecular flexibility index (Phi) is 2.24. The average Bonchev–Trinajstić information content (AvgIpc) is 2.02. The molecule has 1 aliphatic rings. The van der Waals surface area contributed by atoms with Gasteiger partial charge in [0.15, 0.2) is 0 Å². The number of nitrogens with zero attached hydrogens (tertiary/aromatic N) is 1. The van der Waals surface area contributed by atoms with Gasteiger partial charge in [0.1, 0.15) is 0 Å². The first-order chi connectivity index (χ1) is 6.40. The predicted molar refractivity (Wildman–Crippen MR) is 50.8 cm³/mol. The van der Waals surface area contributed by atoms with E-state index in [2.05, 4.69) is 11.1 Å². The number of isocyanates is 1. The molecule has 13 heavy (non-hydrogen) atoms. The molecule has 0 heterocycles. The van der Waals surface area contributed by atoms with Crippen molar-refractivity contribution in [3.63, 3.8) is 0 Å². The summed E-state index contributed by atoms with van der Waals surface area (Å²) >= 11 is 0. The highest BCUT2D eigenvalue weighted by Gasteiger charge is 2.19. The van der Waals surface area contributed by atoms with Gasteiger partial charge in [-0.05, 0) is 36.5 Å². The number of benzene rings is 1. The molecule has 0 spiro atoms. The SMILES string of the molecule is O=C=Nc1cccc(C2CCC2)c1. The van der Waals surface area contributed by atoms with Gasteiger partial charge in [0.2, 0.25) is 6.08 Å². The van der Waals surface area contributed by atoms with Crippen molar-refractivity contribution in [2.24, 2.45) is 4.99 Å². The predicted octanol–water partition coefficient (Wildman–Crippen LogP) is 2.92. The zero-order valence-electron chi connectivity index (χ0n) is 7.36. The third-order valence-electron chi connectivity index (χ3n) is 2.62. The highest BCUT2D eigenvalue weighted by atomic mass is 16.1. The number of aliphatic imine (C=N–C) groups is 1. The highest BCUT2D eigenvalue weighted by Crippen LogP contribution is 2.37. The van der Waals surface area contributed by atoms with Crippen LogP contribution in [-0.2, 0) is 4.79 Å². The molecule has 1 saturated carbocycles. The quantitative estimate of drug-likeness (QED) is 0.499. The van der Waals surface area contributed by atoms with Crippen molar-refractivity contribution < 1.29 is 4.79 Å². The molecule has 2 heteroatoms. The average molecular weight is 173 g/mol. The summed E-state index contributed by atoms with van der Waals surface area (Å²) in [6.07, 6.45) is 5.43. The molecule has 0 N–H and O–H groups in total. The Morgan fingerprint density at radius 3 is 2.85 bits per heavy atom. The normalized spacial score (nSPS) is 16.0. The number of hydrogen-bond acceptors (Lipinski definition) is 2. The maximum atomic E-state index is 10.0. The van der Waals surface area contributed by atoms with Crippen LogP contribution in [0.5, 0.6) is 0 Å². The van der Waals surface area contributed by atoms with E-state index in [9.17, 15) is 4.79 Å². The Morgan fingerprint density at radius 1 is 1.38 bits per heavy atom. The van der Waals surface area contributed by atoms with Crippen molar-refractivity contribution in [2.45, 2.75) is 25.2 Å². The van der Waals surface area contributed by atoms with E-state index in [1.165, 1.54) is 24.8 Å². The second-order valence-corrected chi connectivity index (χ2v) is 3.43. The molecule has 2 nitrogen and oxygen atoms in total. The summed E-state index contributed by atoms with van der Waals surface area (Å²) in [5.74, 6) is 0.696. The molecule has 2 rings (SSSR count). The van der Waals surface area contributed by atoms with Gasteiger partial charge in [-0.3, -0.25) is 0 Å². The van der Waals surface area contributed by atoms with Crippen LogP contribution in [0.1, 0.15) is 30.7 Å². The van der Waals surface area contributed by atoms with Crippen LogP contribution >= 0.6 is 0 Å². The van der Waals surface area contributed by atoms with Gasteiger partial charge in [-0.15, -0.1) is 0 Å². The minimum atomic E-state index is 0.696. The molecule has 0 atom stereocenters. The first kappa shape index (κ1) is 8.21. The van der Waals surface area contributed by atoms with Crippen LogP contribution in [0, 0.1) is 0 Å². The second-order valence-electron chi connectivity index (χ2n) is 3.43. The van der Waals surface area contributed by atoms with Gasteiger partial charge in [-0.2, -0.15) is 4.99 Å². The Morgan fingerprint density at radius 2 is 2.23 bits per heavy atom. The maximum Gasteiger partial charge on any atom is 0.240 e. The van der Waals surface area contributed by atoms with Crippen molar-refractivity contribution in [2.75, 3.05) is 0 Å². The van der Waals surface area contributed by atoms with Crippen molar-refractivity contribution in [1.82, 2.24) is 0 Å². The topological polar surface area (TPSA) is 29.4 Å². The number of hydrogen-bond donors (Lipinski definition) is 0. The molecule has 1 fully saturated rings. The zero-order chi connectivity index (χ0) is 9.10. The van der Waals surface area contributed by atoms with Crippen molar-refractivity contribution in [3.8, 4) is 0 Å². The van der Waals surface area contributed by atoms with Crippen LogP contribution in [0.25, 0.3) is 0 Å². The lowest BCUT2D eigenvalue weighted by Gasteiger charge is -2.25. The van der Waals surface area contributed by atoms with Crippen LogP contribution < -0.4 is 0 Å². The summed E-state index contributed by atoms with van der Waals surface area (Å²) in [7, 11) is 0. The lowest BCUT2D eigenvalue weighted by Crippen LogP contribution is -2.08. The van der Waals surface area contributed by atoms with Crippen molar-refractivity contribution in [3.05, 3.63) is 29.8 Å². The maximum absolute atomic E-state index is 10.0. The third-order valence-corrected chi connectivity index (χ3v) is 2.62. The third kappa shape index (κ3) is 1.68. The van der Waals surface area contributed by atoms with E-state index < -0.39 is 0 Å². The molecule has 1 aromatic carbocycles.